The number of aromatic amines is 1. The minimum absolute atomic E-state index is 0.0362. The Morgan fingerprint density at radius 3 is 2.78 bits per heavy atom. The lowest BCUT2D eigenvalue weighted by molar-refractivity contribution is -0.125. The molecule has 0 spiro atoms. The summed E-state index contributed by atoms with van der Waals surface area (Å²) in [6, 6.07) is 1.77. The third kappa shape index (κ3) is 4.30. The Hall–Kier alpha value is -2.41. The van der Waals surface area contributed by atoms with E-state index in [0.717, 1.165) is 24.8 Å². The summed E-state index contributed by atoms with van der Waals surface area (Å²) in [4.78, 5) is 31.4. The summed E-state index contributed by atoms with van der Waals surface area (Å²) in [5, 5.41) is 16.5. The molecule has 2 aromatic heterocycles. The highest BCUT2D eigenvalue weighted by molar-refractivity contribution is 6.03. The van der Waals surface area contributed by atoms with Crippen LogP contribution in [0.2, 0.25) is 0 Å². The number of nitrogens with one attached hydrogen (secondary N) is 3. The van der Waals surface area contributed by atoms with Crippen molar-refractivity contribution in [2.75, 3.05) is 0 Å². The van der Waals surface area contributed by atoms with Gasteiger partial charge in [-0.3, -0.25) is 4.79 Å². The molecule has 146 valence electrons. The first-order valence-electron chi connectivity index (χ1n) is 9.73. The molecule has 0 saturated heterocycles. The van der Waals surface area contributed by atoms with Crippen LogP contribution >= 0.6 is 0 Å². The average molecular weight is 372 g/mol. The Kier molecular flexibility index (Phi) is 6.11. The normalized spacial score (nSPS) is 17.1. The summed E-state index contributed by atoms with van der Waals surface area (Å²) in [6.45, 7) is 4.54. The van der Waals surface area contributed by atoms with Crippen molar-refractivity contribution in [1.29, 1.82) is 0 Å². The summed E-state index contributed by atoms with van der Waals surface area (Å²) < 4.78 is 0. The number of aromatic nitrogens is 2. The molecular formula is C20H28N4O3. The fraction of sp³-hybridized carbons (Fsp3) is 0.550. The maximum Gasteiger partial charge on any atom is 0.337 e. The second kappa shape index (κ2) is 8.52. The van der Waals surface area contributed by atoms with Crippen LogP contribution in [0, 0.1) is 5.92 Å². The van der Waals surface area contributed by atoms with Gasteiger partial charge in [-0.25, -0.2) is 9.78 Å². The van der Waals surface area contributed by atoms with Gasteiger partial charge in [0.1, 0.15) is 5.65 Å². The van der Waals surface area contributed by atoms with Crippen LogP contribution in [-0.2, 0) is 11.3 Å². The van der Waals surface area contributed by atoms with E-state index >= 15 is 0 Å². The van der Waals surface area contributed by atoms with E-state index < -0.39 is 5.97 Å². The van der Waals surface area contributed by atoms with Gasteiger partial charge >= 0.3 is 5.97 Å². The van der Waals surface area contributed by atoms with Crippen LogP contribution in [0.4, 0.5) is 0 Å². The molecule has 3 rings (SSSR count). The molecule has 1 aliphatic carbocycles. The Balaban J connectivity index is 1.77. The van der Waals surface area contributed by atoms with Gasteiger partial charge in [0.15, 0.2) is 0 Å². The highest BCUT2D eigenvalue weighted by atomic mass is 16.4. The maximum absolute atomic E-state index is 12.8. The first kappa shape index (κ1) is 19.4. The highest BCUT2D eigenvalue weighted by Crippen LogP contribution is 2.22. The maximum atomic E-state index is 12.8. The van der Waals surface area contributed by atoms with E-state index in [9.17, 15) is 14.7 Å². The number of H-pyrrole nitrogens is 1. The standard InChI is InChI=1S/C20H28N4O3/c1-3-12(2)17(19(25)24-14-6-4-5-7-14)22-10-13-8-9-21-18-16(13)15(11-23-18)20(26)27/h8-9,11-12,14,17,22H,3-7,10H2,1-2H3,(H,21,23)(H,24,25)(H,26,27)/t12-,17+/m0/s1. The van der Waals surface area contributed by atoms with Crippen molar-refractivity contribution < 1.29 is 14.7 Å². The third-order valence-electron chi connectivity index (χ3n) is 5.60. The number of carbonyl (C=O) groups is 2. The average Bonchev–Trinajstić information content (AvgIpc) is 3.31. The molecule has 0 unspecified atom stereocenters. The van der Waals surface area contributed by atoms with Crippen LogP contribution in [0.15, 0.2) is 18.5 Å². The molecule has 1 aliphatic rings. The second-order valence-electron chi connectivity index (χ2n) is 7.44. The molecule has 2 heterocycles. The summed E-state index contributed by atoms with van der Waals surface area (Å²) in [5.74, 6) is -0.782. The molecule has 2 aromatic rings. The number of nitrogens with zero attached hydrogens (tertiary/aromatic N) is 1. The lowest BCUT2D eigenvalue weighted by Gasteiger charge is -2.25. The zero-order chi connectivity index (χ0) is 19.4. The number of rotatable bonds is 8. The largest absolute Gasteiger partial charge is 0.478 e. The zero-order valence-corrected chi connectivity index (χ0v) is 15.9. The number of aromatic carboxylic acids is 1. The Labute approximate surface area is 158 Å². The van der Waals surface area contributed by atoms with Crippen molar-refractivity contribution in [3.05, 3.63) is 29.6 Å². The van der Waals surface area contributed by atoms with Gasteiger partial charge in [-0.15, -0.1) is 0 Å². The summed E-state index contributed by atoms with van der Waals surface area (Å²) in [5.41, 5.74) is 1.56. The van der Waals surface area contributed by atoms with Gasteiger partial charge in [0.25, 0.3) is 0 Å². The number of hydrogen-bond donors (Lipinski definition) is 4. The quantitative estimate of drug-likeness (QED) is 0.570. The molecule has 27 heavy (non-hydrogen) atoms. The number of fused-ring (bicyclic) bond motifs is 1. The zero-order valence-electron chi connectivity index (χ0n) is 15.9. The van der Waals surface area contributed by atoms with Crippen LogP contribution in [0.5, 0.6) is 0 Å². The molecule has 1 fully saturated rings. The van der Waals surface area contributed by atoms with Gasteiger partial charge in [0.05, 0.1) is 11.6 Å². The monoisotopic (exact) mass is 372 g/mol. The summed E-state index contributed by atoms with van der Waals surface area (Å²) in [6.07, 6.45) is 8.44. The van der Waals surface area contributed by atoms with Crippen LogP contribution in [0.25, 0.3) is 11.0 Å². The smallest absolute Gasteiger partial charge is 0.337 e. The van der Waals surface area contributed by atoms with E-state index in [2.05, 4.69) is 34.4 Å². The van der Waals surface area contributed by atoms with Gasteiger partial charge in [-0.05, 0) is 30.4 Å². The number of carbonyl (C=O) groups excluding carboxylic acids is 1. The third-order valence-corrected chi connectivity index (χ3v) is 5.60. The van der Waals surface area contributed by atoms with Crippen molar-refractivity contribution >= 4 is 22.9 Å². The van der Waals surface area contributed by atoms with Crippen molar-refractivity contribution in [2.45, 2.75) is 64.6 Å². The fourth-order valence-electron chi connectivity index (χ4n) is 3.81. The first-order valence-corrected chi connectivity index (χ1v) is 9.73. The second-order valence-corrected chi connectivity index (χ2v) is 7.44. The molecule has 2 atom stereocenters. The predicted octanol–water partition coefficient (Wildman–Crippen LogP) is 2.82. The van der Waals surface area contributed by atoms with Gasteiger partial charge in [0, 0.05) is 30.4 Å². The first-order chi connectivity index (χ1) is 13.0. The van der Waals surface area contributed by atoms with Gasteiger partial charge in [0.2, 0.25) is 5.91 Å². The molecule has 1 saturated carbocycles. The minimum atomic E-state index is -0.993. The summed E-state index contributed by atoms with van der Waals surface area (Å²) in [7, 11) is 0. The molecule has 0 aromatic carbocycles. The van der Waals surface area contributed by atoms with Crippen molar-refractivity contribution in [3.8, 4) is 0 Å². The molecule has 1 amide bonds. The molecule has 0 radical (unpaired) electrons. The minimum Gasteiger partial charge on any atom is -0.478 e. The van der Waals surface area contributed by atoms with E-state index in [1.165, 1.54) is 19.0 Å². The predicted molar refractivity (Wildman–Crippen MR) is 104 cm³/mol. The molecule has 7 heteroatoms. The fourth-order valence-corrected chi connectivity index (χ4v) is 3.81. The molecule has 0 aliphatic heterocycles. The van der Waals surface area contributed by atoms with E-state index in [1.54, 1.807) is 12.3 Å². The van der Waals surface area contributed by atoms with Crippen LogP contribution in [0.1, 0.15) is 61.9 Å². The number of hydrogen-bond acceptors (Lipinski definition) is 4. The van der Waals surface area contributed by atoms with Gasteiger partial charge in [-0.1, -0.05) is 33.1 Å². The Bertz CT molecular complexity index is 811. The molecule has 7 nitrogen and oxygen atoms in total. The molecule has 0 bridgehead atoms. The van der Waals surface area contributed by atoms with Crippen LogP contribution in [-0.4, -0.2) is 39.0 Å². The van der Waals surface area contributed by atoms with E-state index in [-0.39, 0.29) is 29.5 Å². The topological polar surface area (TPSA) is 107 Å². The van der Waals surface area contributed by atoms with Crippen molar-refractivity contribution in [3.63, 3.8) is 0 Å². The SMILES string of the molecule is CC[C@H](C)[C@@H](NCc1ccnc2[nH]cc(C(=O)O)c12)C(=O)NC1CCCC1. The van der Waals surface area contributed by atoms with Gasteiger partial charge < -0.3 is 20.7 Å². The van der Waals surface area contributed by atoms with Crippen LogP contribution in [0.3, 0.4) is 0 Å². The number of carboxylic acids is 1. The van der Waals surface area contributed by atoms with E-state index in [4.69, 9.17) is 0 Å². The molecule has 4 N–H and O–H groups in total. The summed E-state index contributed by atoms with van der Waals surface area (Å²) >= 11 is 0. The number of pyridine rings is 1. The highest BCUT2D eigenvalue weighted by Gasteiger charge is 2.27. The lowest BCUT2D eigenvalue weighted by atomic mass is 9.97. The molecular weight excluding hydrogens is 344 g/mol. The number of amides is 1. The Morgan fingerprint density at radius 2 is 2.11 bits per heavy atom. The lowest BCUT2D eigenvalue weighted by Crippen LogP contribution is -2.50. The van der Waals surface area contributed by atoms with E-state index in [1.807, 2.05) is 0 Å². The van der Waals surface area contributed by atoms with E-state index in [0.29, 0.717) is 17.6 Å². The number of carboxylic acid groups (broad SMARTS) is 1. The van der Waals surface area contributed by atoms with Crippen LogP contribution < -0.4 is 10.6 Å². The van der Waals surface area contributed by atoms with Crippen molar-refractivity contribution in [1.82, 2.24) is 20.6 Å². The van der Waals surface area contributed by atoms with Crippen molar-refractivity contribution in [2.24, 2.45) is 5.92 Å². The van der Waals surface area contributed by atoms with Gasteiger partial charge in [-0.2, -0.15) is 0 Å². The Morgan fingerprint density at radius 1 is 1.37 bits per heavy atom.